The van der Waals surface area contributed by atoms with Gasteiger partial charge in [0.05, 0.1) is 6.54 Å². The summed E-state index contributed by atoms with van der Waals surface area (Å²) in [7, 11) is 0. The van der Waals surface area contributed by atoms with Gasteiger partial charge < -0.3 is 5.73 Å². The molecule has 0 aliphatic carbocycles. The molecule has 16 heavy (non-hydrogen) atoms. The van der Waals surface area contributed by atoms with Crippen LogP contribution in [0, 0.1) is 11.8 Å². The lowest BCUT2D eigenvalue weighted by Gasteiger charge is -2.21. The molecule has 0 atom stereocenters. The van der Waals surface area contributed by atoms with E-state index in [9.17, 15) is 9.59 Å². The molecule has 0 spiro atoms. The lowest BCUT2D eigenvalue weighted by atomic mass is 10.1. The zero-order valence-corrected chi connectivity index (χ0v) is 9.63. The van der Waals surface area contributed by atoms with Gasteiger partial charge in [0.2, 0.25) is 0 Å². The van der Waals surface area contributed by atoms with Crippen molar-refractivity contribution in [1.29, 1.82) is 0 Å². The second kappa shape index (κ2) is 4.37. The minimum absolute atomic E-state index is 0.175. The molecular formula is C11H15N3O2. The van der Waals surface area contributed by atoms with Crippen LogP contribution in [0.4, 0.5) is 0 Å². The predicted molar refractivity (Wildman–Crippen MR) is 62.3 cm³/mol. The van der Waals surface area contributed by atoms with Crippen molar-refractivity contribution >= 4 is 0 Å². The molecule has 0 aliphatic rings. The van der Waals surface area contributed by atoms with E-state index < -0.39 is 16.8 Å². The molecular weight excluding hydrogens is 206 g/mol. The first kappa shape index (κ1) is 12.3. The predicted octanol–water partition coefficient (Wildman–Crippen LogP) is -0.398. The molecule has 0 aromatic carbocycles. The Hall–Kier alpha value is -1.80. The van der Waals surface area contributed by atoms with Crippen molar-refractivity contribution in [3.05, 3.63) is 32.6 Å². The van der Waals surface area contributed by atoms with Gasteiger partial charge in [0, 0.05) is 11.7 Å². The van der Waals surface area contributed by atoms with Gasteiger partial charge in [-0.15, -0.1) is 0 Å². The Morgan fingerprint density at radius 2 is 2.06 bits per heavy atom. The Kier molecular flexibility index (Phi) is 3.35. The van der Waals surface area contributed by atoms with Gasteiger partial charge in [0.15, 0.2) is 0 Å². The lowest BCUT2D eigenvalue weighted by Crippen LogP contribution is -2.39. The van der Waals surface area contributed by atoms with Gasteiger partial charge in [0.25, 0.3) is 5.56 Å². The summed E-state index contributed by atoms with van der Waals surface area (Å²) in [6.07, 6.45) is 1.46. The second-order valence-corrected chi connectivity index (χ2v) is 4.35. The molecule has 1 rings (SSSR count). The van der Waals surface area contributed by atoms with Crippen LogP contribution in [0.25, 0.3) is 0 Å². The minimum Gasteiger partial charge on any atom is -0.320 e. The summed E-state index contributed by atoms with van der Waals surface area (Å²) in [4.78, 5) is 25.2. The van der Waals surface area contributed by atoms with Crippen LogP contribution in [-0.4, -0.2) is 16.1 Å². The average Bonchev–Trinajstić information content (AvgIpc) is 2.14. The topological polar surface area (TPSA) is 80.9 Å². The third-order valence-electron chi connectivity index (χ3n) is 1.99. The van der Waals surface area contributed by atoms with Crippen LogP contribution in [0.3, 0.4) is 0 Å². The molecule has 5 heteroatoms. The van der Waals surface area contributed by atoms with E-state index in [2.05, 4.69) is 16.8 Å². The maximum Gasteiger partial charge on any atom is 0.328 e. The summed E-state index contributed by atoms with van der Waals surface area (Å²) >= 11 is 0. The van der Waals surface area contributed by atoms with E-state index in [4.69, 9.17) is 5.73 Å². The number of hydrogen-bond donors (Lipinski definition) is 2. The molecule has 0 unspecified atom stereocenters. The van der Waals surface area contributed by atoms with E-state index in [1.54, 1.807) is 0 Å². The highest BCUT2D eigenvalue weighted by molar-refractivity contribution is 5.30. The lowest BCUT2D eigenvalue weighted by molar-refractivity contribution is 0.376. The number of nitrogens with zero attached hydrogens (tertiary/aromatic N) is 1. The first-order chi connectivity index (χ1) is 7.36. The smallest absolute Gasteiger partial charge is 0.320 e. The Bertz CT molecular complexity index is 550. The first-order valence-electron chi connectivity index (χ1n) is 4.91. The highest BCUT2D eigenvalue weighted by Gasteiger charge is 2.15. The van der Waals surface area contributed by atoms with Crippen molar-refractivity contribution < 1.29 is 0 Å². The fourth-order valence-corrected chi connectivity index (χ4v) is 1.20. The maximum atomic E-state index is 11.5. The molecule has 0 aliphatic heterocycles. The Labute approximate surface area is 93.3 Å². The van der Waals surface area contributed by atoms with Crippen LogP contribution >= 0.6 is 0 Å². The monoisotopic (exact) mass is 221 g/mol. The van der Waals surface area contributed by atoms with Crippen LogP contribution in [-0.2, 0) is 5.54 Å². The highest BCUT2D eigenvalue weighted by atomic mass is 16.2. The molecule has 1 aromatic heterocycles. The van der Waals surface area contributed by atoms with E-state index in [0.717, 1.165) is 0 Å². The van der Waals surface area contributed by atoms with Crippen molar-refractivity contribution in [3.8, 4) is 11.8 Å². The normalized spacial score (nSPS) is 10.8. The SMILES string of the molecule is CC(C)(C)n1cc(C#CCN)c(=O)[nH]c1=O. The van der Waals surface area contributed by atoms with Crippen molar-refractivity contribution in [3.63, 3.8) is 0 Å². The van der Waals surface area contributed by atoms with E-state index in [-0.39, 0.29) is 12.1 Å². The molecule has 1 aromatic rings. The van der Waals surface area contributed by atoms with Gasteiger partial charge in [-0.3, -0.25) is 14.3 Å². The molecule has 0 amide bonds. The third kappa shape index (κ3) is 2.61. The van der Waals surface area contributed by atoms with Crippen LogP contribution < -0.4 is 17.0 Å². The highest BCUT2D eigenvalue weighted by Crippen LogP contribution is 2.09. The van der Waals surface area contributed by atoms with Gasteiger partial charge in [-0.25, -0.2) is 4.79 Å². The number of H-pyrrole nitrogens is 1. The first-order valence-corrected chi connectivity index (χ1v) is 4.91. The van der Waals surface area contributed by atoms with Gasteiger partial charge in [-0.05, 0) is 20.8 Å². The average molecular weight is 221 g/mol. The second-order valence-electron chi connectivity index (χ2n) is 4.35. The molecule has 0 fully saturated rings. The Morgan fingerprint density at radius 1 is 1.44 bits per heavy atom. The molecule has 3 N–H and O–H groups in total. The van der Waals surface area contributed by atoms with E-state index in [0.29, 0.717) is 0 Å². The summed E-state index contributed by atoms with van der Waals surface area (Å²) in [6.45, 7) is 5.78. The summed E-state index contributed by atoms with van der Waals surface area (Å²) < 4.78 is 1.44. The zero-order chi connectivity index (χ0) is 12.3. The van der Waals surface area contributed by atoms with E-state index in [1.807, 2.05) is 20.8 Å². The summed E-state index contributed by atoms with van der Waals surface area (Å²) in [5.74, 6) is 5.22. The summed E-state index contributed by atoms with van der Waals surface area (Å²) in [5, 5.41) is 0. The maximum absolute atomic E-state index is 11.5. The van der Waals surface area contributed by atoms with Gasteiger partial charge in [-0.1, -0.05) is 11.8 Å². The van der Waals surface area contributed by atoms with E-state index >= 15 is 0 Å². The molecule has 86 valence electrons. The van der Waals surface area contributed by atoms with Gasteiger partial charge >= 0.3 is 5.69 Å². The van der Waals surface area contributed by atoms with E-state index in [1.165, 1.54) is 10.8 Å². The van der Waals surface area contributed by atoms with Gasteiger partial charge in [0.1, 0.15) is 5.56 Å². The van der Waals surface area contributed by atoms with Crippen molar-refractivity contribution in [1.82, 2.24) is 9.55 Å². The van der Waals surface area contributed by atoms with Crippen molar-refractivity contribution in [2.75, 3.05) is 6.54 Å². The van der Waals surface area contributed by atoms with Crippen molar-refractivity contribution in [2.45, 2.75) is 26.3 Å². The molecule has 5 nitrogen and oxygen atoms in total. The zero-order valence-electron chi connectivity index (χ0n) is 9.63. The quantitative estimate of drug-likeness (QED) is 0.585. The standard InChI is InChI=1S/C11H15N3O2/c1-11(2,3)14-7-8(5-4-6-12)9(15)13-10(14)16/h7H,6,12H2,1-3H3,(H,13,15,16). The number of aromatic amines is 1. The fraction of sp³-hybridized carbons (Fsp3) is 0.455. The Balaban J connectivity index is 3.45. The number of rotatable bonds is 0. The van der Waals surface area contributed by atoms with Crippen LogP contribution in [0.5, 0.6) is 0 Å². The number of hydrogen-bond acceptors (Lipinski definition) is 3. The molecule has 0 saturated heterocycles. The molecule has 0 saturated carbocycles. The largest absolute Gasteiger partial charge is 0.328 e. The fourth-order valence-electron chi connectivity index (χ4n) is 1.20. The van der Waals surface area contributed by atoms with Gasteiger partial charge in [-0.2, -0.15) is 0 Å². The number of aromatic nitrogens is 2. The summed E-state index contributed by atoms with van der Waals surface area (Å²) in [6, 6.07) is 0. The Morgan fingerprint density at radius 3 is 2.56 bits per heavy atom. The molecule has 0 bridgehead atoms. The number of nitrogens with two attached hydrogens (primary N) is 1. The summed E-state index contributed by atoms with van der Waals surface area (Å²) in [5.41, 5.74) is 4.16. The van der Waals surface area contributed by atoms with Crippen LogP contribution in [0.2, 0.25) is 0 Å². The van der Waals surface area contributed by atoms with Crippen molar-refractivity contribution in [2.24, 2.45) is 5.73 Å². The van der Waals surface area contributed by atoms with Crippen LogP contribution in [0.15, 0.2) is 15.8 Å². The van der Waals surface area contributed by atoms with Crippen LogP contribution in [0.1, 0.15) is 26.3 Å². The molecule has 1 heterocycles. The third-order valence-corrected chi connectivity index (χ3v) is 1.99. The minimum atomic E-state index is -0.480. The molecule has 0 radical (unpaired) electrons. The number of nitrogens with one attached hydrogen (secondary N) is 1.